The van der Waals surface area contributed by atoms with E-state index in [1.54, 1.807) is 12.3 Å². The highest BCUT2D eigenvalue weighted by Gasteiger charge is 2.06. The Hall–Kier alpha value is -2.17. The van der Waals surface area contributed by atoms with Crippen molar-refractivity contribution in [2.75, 3.05) is 0 Å². The molecule has 2 aromatic heterocycles. The molecule has 2 heterocycles. The zero-order valence-corrected chi connectivity index (χ0v) is 12.4. The number of rotatable bonds is 2. The van der Waals surface area contributed by atoms with Crippen LogP contribution in [0.1, 0.15) is 18.5 Å². The molecular formula is C16H16ClN3O. The molecule has 0 saturated carbocycles. The number of fused-ring (bicyclic) bond motifs is 1. The fraction of sp³-hybridized carbons (Fsp3) is 0.125. The van der Waals surface area contributed by atoms with Crippen LogP contribution in [-0.2, 0) is 0 Å². The first kappa shape index (κ1) is 15.2. The van der Waals surface area contributed by atoms with Crippen molar-refractivity contribution in [3.63, 3.8) is 0 Å². The topological polar surface area (TPSA) is 71.8 Å². The number of nitrogens with two attached hydrogens (primary N) is 1. The molecule has 108 valence electrons. The molecule has 21 heavy (non-hydrogen) atoms. The minimum Gasteiger partial charge on any atom is -0.324 e. The number of benzene rings is 1. The lowest BCUT2D eigenvalue weighted by Crippen LogP contribution is -2.05. The zero-order chi connectivity index (χ0) is 14.1. The molecule has 3 N–H and O–H groups in total. The highest BCUT2D eigenvalue weighted by molar-refractivity contribution is 5.92. The fourth-order valence-corrected chi connectivity index (χ4v) is 2.28. The van der Waals surface area contributed by atoms with Crippen molar-refractivity contribution in [2.24, 2.45) is 5.73 Å². The standard InChI is InChI=1S/C16H15N3O.ClH/c1-10(17)11-2-4-12(5-3-11)13-8-9-18-16-14(13)6-7-15(20)19-16;/h2-10H,17H2,1H3,(H,18,19,20);1H. The maximum absolute atomic E-state index is 11.3. The second-order valence-corrected chi connectivity index (χ2v) is 4.85. The van der Waals surface area contributed by atoms with Gasteiger partial charge in [-0.15, -0.1) is 12.4 Å². The van der Waals surface area contributed by atoms with E-state index in [0.29, 0.717) is 5.65 Å². The number of hydrogen-bond acceptors (Lipinski definition) is 3. The first-order valence-electron chi connectivity index (χ1n) is 6.49. The van der Waals surface area contributed by atoms with E-state index in [9.17, 15) is 4.79 Å². The Bertz CT molecular complexity index is 810. The van der Waals surface area contributed by atoms with Crippen molar-refractivity contribution in [3.05, 3.63) is 64.6 Å². The van der Waals surface area contributed by atoms with E-state index in [-0.39, 0.29) is 24.0 Å². The van der Waals surface area contributed by atoms with Crippen LogP contribution in [0, 0.1) is 0 Å². The molecule has 0 radical (unpaired) electrons. The van der Waals surface area contributed by atoms with E-state index in [1.165, 1.54) is 6.07 Å². The van der Waals surface area contributed by atoms with Crippen LogP contribution in [0.3, 0.4) is 0 Å². The van der Waals surface area contributed by atoms with Crippen molar-refractivity contribution in [3.8, 4) is 11.1 Å². The number of hydrogen-bond donors (Lipinski definition) is 2. The summed E-state index contributed by atoms with van der Waals surface area (Å²) in [4.78, 5) is 18.3. The molecule has 5 heteroatoms. The van der Waals surface area contributed by atoms with Crippen molar-refractivity contribution >= 4 is 23.4 Å². The lowest BCUT2D eigenvalue weighted by Gasteiger charge is -2.09. The van der Waals surface area contributed by atoms with Crippen molar-refractivity contribution in [1.29, 1.82) is 0 Å². The highest BCUT2D eigenvalue weighted by atomic mass is 35.5. The lowest BCUT2D eigenvalue weighted by molar-refractivity contribution is 0.818. The summed E-state index contributed by atoms with van der Waals surface area (Å²) in [5, 5.41) is 0.931. The SMILES string of the molecule is CC(N)c1ccc(-c2ccnc3[nH]c(=O)ccc23)cc1.Cl. The Morgan fingerprint density at radius 3 is 2.48 bits per heavy atom. The second-order valence-electron chi connectivity index (χ2n) is 4.85. The smallest absolute Gasteiger partial charge is 0.249 e. The molecule has 0 amide bonds. The Labute approximate surface area is 128 Å². The minimum atomic E-state index is -0.144. The highest BCUT2D eigenvalue weighted by Crippen LogP contribution is 2.26. The van der Waals surface area contributed by atoms with Crippen LogP contribution in [0.5, 0.6) is 0 Å². The summed E-state index contributed by atoms with van der Waals surface area (Å²) < 4.78 is 0. The third-order valence-corrected chi connectivity index (χ3v) is 3.38. The summed E-state index contributed by atoms with van der Waals surface area (Å²) in [5.41, 5.74) is 9.54. The monoisotopic (exact) mass is 301 g/mol. The van der Waals surface area contributed by atoms with Gasteiger partial charge in [0, 0.05) is 23.7 Å². The zero-order valence-electron chi connectivity index (χ0n) is 11.5. The number of aromatic nitrogens is 2. The summed E-state index contributed by atoms with van der Waals surface area (Å²) in [6, 6.07) is 13.4. The summed E-state index contributed by atoms with van der Waals surface area (Å²) in [7, 11) is 0. The predicted molar refractivity (Wildman–Crippen MR) is 87.7 cm³/mol. The van der Waals surface area contributed by atoms with E-state index >= 15 is 0 Å². The van der Waals surface area contributed by atoms with E-state index < -0.39 is 0 Å². The third-order valence-electron chi connectivity index (χ3n) is 3.38. The van der Waals surface area contributed by atoms with Crippen molar-refractivity contribution < 1.29 is 0 Å². The Morgan fingerprint density at radius 2 is 1.81 bits per heavy atom. The molecule has 0 aliphatic carbocycles. The van der Waals surface area contributed by atoms with Gasteiger partial charge in [0.05, 0.1) is 0 Å². The summed E-state index contributed by atoms with van der Waals surface area (Å²) >= 11 is 0. The number of nitrogens with one attached hydrogen (secondary N) is 1. The van der Waals surface area contributed by atoms with E-state index in [1.807, 2.05) is 37.3 Å². The number of halogens is 1. The average Bonchev–Trinajstić information content (AvgIpc) is 2.46. The largest absolute Gasteiger partial charge is 0.324 e. The van der Waals surface area contributed by atoms with Gasteiger partial charge in [0.15, 0.2) is 0 Å². The number of pyridine rings is 2. The van der Waals surface area contributed by atoms with Crippen LogP contribution in [-0.4, -0.2) is 9.97 Å². The van der Waals surface area contributed by atoms with Gasteiger partial charge >= 0.3 is 0 Å². The third kappa shape index (κ3) is 2.96. The molecule has 3 aromatic rings. The van der Waals surface area contributed by atoms with Gasteiger partial charge in [0.25, 0.3) is 0 Å². The van der Waals surface area contributed by atoms with Gasteiger partial charge in [0.2, 0.25) is 5.56 Å². The van der Waals surface area contributed by atoms with Crippen LogP contribution in [0.4, 0.5) is 0 Å². The molecule has 4 nitrogen and oxygen atoms in total. The predicted octanol–water partition coefficient (Wildman–Crippen LogP) is 3.03. The molecule has 1 unspecified atom stereocenters. The summed E-state index contributed by atoms with van der Waals surface area (Å²) in [5.74, 6) is 0. The molecule has 0 aliphatic heterocycles. The van der Waals surface area contributed by atoms with Crippen LogP contribution < -0.4 is 11.3 Å². The molecule has 0 fully saturated rings. The van der Waals surface area contributed by atoms with Crippen LogP contribution in [0.2, 0.25) is 0 Å². The van der Waals surface area contributed by atoms with Crippen LogP contribution >= 0.6 is 12.4 Å². The van der Waals surface area contributed by atoms with E-state index in [4.69, 9.17) is 5.73 Å². The molecule has 0 spiro atoms. The van der Waals surface area contributed by atoms with Crippen molar-refractivity contribution in [1.82, 2.24) is 9.97 Å². The molecule has 1 aromatic carbocycles. The van der Waals surface area contributed by atoms with Gasteiger partial charge in [-0.3, -0.25) is 4.79 Å². The van der Waals surface area contributed by atoms with Gasteiger partial charge in [-0.2, -0.15) is 0 Å². The maximum Gasteiger partial charge on any atom is 0.249 e. The normalized spacial score (nSPS) is 11.9. The van der Waals surface area contributed by atoms with Gasteiger partial charge in [-0.05, 0) is 35.7 Å². The Kier molecular flexibility index (Phi) is 4.40. The van der Waals surface area contributed by atoms with E-state index in [2.05, 4.69) is 9.97 Å². The summed E-state index contributed by atoms with van der Waals surface area (Å²) in [6.07, 6.45) is 1.70. The van der Waals surface area contributed by atoms with E-state index in [0.717, 1.165) is 22.1 Å². The van der Waals surface area contributed by atoms with Gasteiger partial charge < -0.3 is 10.7 Å². The molecule has 0 bridgehead atoms. The number of aromatic amines is 1. The first-order chi connectivity index (χ1) is 9.65. The van der Waals surface area contributed by atoms with Gasteiger partial charge in [0.1, 0.15) is 5.65 Å². The van der Waals surface area contributed by atoms with Gasteiger partial charge in [-0.1, -0.05) is 24.3 Å². The molecule has 1 atom stereocenters. The number of nitrogens with zero attached hydrogens (tertiary/aromatic N) is 1. The molecule has 0 aliphatic rings. The van der Waals surface area contributed by atoms with Gasteiger partial charge in [-0.25, -0.2) is 4.98 Å². The quantitative estimate of drug-likeness (QED) is 0.764. The Morgan fingerprint density at radius 1 is 1.10 bits per heavy atom. The van der Waals surface area contributed by atoms with Crippen LogP contribution in [0.15, 0.2) is 53.5 Å². The summed E-state index contributed by atoms with van der Waals surface area (Å²) in [6.45, 7) is 1.96. The first-order valence-corrected chi connectivity index (χ1v) is 6.49. The average molecular weight is 302 g/mol. The minimum absolute atomic E-state index is 0. The molecule has 0 saturated heterocycles. The fourth-order valence-electron chi connectivity index (χ4n) is 2.28. The lowest BCUT2D eigenvalue weighted by atomic mass is 10.00. The molecular weight excluding hydrogens is 286 g/mol. The van der Waals surface area contributed by atoms with Crippen LogP contribution in [0.25, 0.3) is 22.2 Å². The Balaban J connectivity index is 0.00000161. The number of H-pyrrole nitrogens is 1. The second kappa shape index (κ2) is 6.08. The van der Waals surface area contributed by atoms with Crippen molar-refractivity contribution in [2.45, 2.75) is 13.0 Å². The maximum atomic E-state index is 11.3. The molecule has 3 rings (SSSR count).